The lowest BCUT2D eigenvalue weighted by Crippen LogP contribution is -2.04. The van der Waals surface area contributed by atoms with E-state index in [9.17, 15) is 0 Å². The van der Waals surface area contributed by atoms with Crippen LogP contribution in [0.4, 0.5) is 0 Å². The van der Waals surface area contributed by atoms with Gasteiger partial charge in [0, 0.05) is 0 Å². The first kappa shape index (κ1) is 8.78. The predicted octanol–water partition coefficient (Wildman–Crippen LogP) is 2.31. The Morgan fingerprint density at radius 3 is 1.64 bits per heavy atom. The molecular weight excluding hydrogens is 172 g/mol. The van der Waals surface area contributed by atoms with Gasteiger partial charge in [-0.15, -0.1) is 0 Å². The third-order valence-electron chi connectivity index (χ3n) is 2.72. The molecule has 1 aliphatic rings. The molecule has 1 aromatic rings. The average molecular weight is 182 g/mol. The van der Waals surface area contributed by atoms with Gasteiger partial charge in [0.1, 0.15) is 12.1 Å². The Morgan fingerprint density at radius 2 is 1.29 bits per heavy atom. The quantitative estimate of drug-likeness (QED) is 0.618. The fourth-order valence-electron chi connectivity index (χ4n) is 1.97. The summed E-state index contributed by atoms with van der Waals surface area (Å²) in [6.45, 7) is 0. The molecule has 1 aromatic carbocycles. The highest BCUT2D eigenvalue weighted by Gasteiger charge is 2.12. The number of nitrogens with zero attached hydrogens (tertiary/aromatic N) is 2. The molecule has 0 radical (unpaired) electrons. The van der Waals surface area contributed by atoms with Crippen LogP contribution in [0.1, 0.15) is 35.1 Å². The number of aryl methyl sites for hydroxylation is 2. The summed E-state index contributed by atoms with van der Waals surface area (Å²) in [4.78, 5) is 0. The Labute approximate surface area is 83.4 Å². The topological polar surface area (TPSA) is 47.6 Å². The Kier molecular flexibility index (Phi) is 2.21. The van der Waals surface area contributed by atoms with Gasteiger partial charge in [0.25, 0.3) is 0 Å². The molecule has 0 heterocycles. The first-order valence-corrected chi connectivity index (χ1v) is 4.81. The van der Waals surface area contributed by atoms with Crippen LogP contribution in [-0.2, 0) is 12.8 Å². The molecule has 2 nitrogen and oxygen atoms in total. The van der Waals surface area contributed by atoms with E-state index in [1.54, 1.807) is 0 Å². The highest BCUT2D eigenvalue weighted by Crippen LogP contribution is 2.24. The molecule has 0 spiro atoms. The van der Waals surface area contributed by atoms with Crippen LogP contribution in [0.2, 0.25) is 0 Å². The van der Waals surface area contributed by atoms with Crippen molar-refractivity contribution in [2.24, 2.45) is 0 Å². The monoisotopic (exact) mass is 182 g/mol. The van der Waals surface area contributed by atoms with Gasteiger partial charge in [-0.1, -0.05) is 0 Å². The van der Waals surface area contributed by atoms with Gasteiger partial charge in [0.2, 0.25) is 0 Å². The summed E-state index contributed by atoms with van der Waals surface area (Å²) in [6, 6.07) is 7.91. The van der Waals surface area contributed by atoms with Gasteiger partial charge in [0.15, 0.2) is 0 Å². The molecular formula is C12H10N2. The molecule has 0 unspecified atom stereocenters. The highest BCUT2D eigenvalue weighted by atomic mass is 14.3. The maximum absolute atomic E-state index is 8.85. The first-order chi connectivity index (χ1) is 6.85. The van der Waals surface area contributed by atoms with E-state index >= 15 is 0 Å². The molecule has 0 amide bonds. The number of rotatable bonds is 0. The third-order valence-corrected chi connectivity index (χ3v) is 2.72. The maximum Gasteiger partial charge on any atom is 0.101 e. The van der Waals surface area contributed by atoms with E-state index in [2.05, 4.69) is 12.1 Å². The summed E-state index contributed by atoms with van der Waals surface area (Å²) in [6.07, 6.45) is 4.50. The molecule has 0 saturated carbocycles. The fourth-order valence-corrected chi connectivity index (χ4v) is 1.97. The van der Waals surface area contributed by atoms with Crippen molar-refractivity contribution in [2.45, 2.75) is 25.7 Å². The van der Waals surface area contributed by atoms with Crippen LogP contribution in [-0.4, -0.2) is 0 Å². The molecule has 0 fully saturated rings. The van der Waals surface area contributed by atoms with E-state index in [-0.39, 0.29) is 0 Å². The Morgan fingerprint density at radius 1 is 0.857 bits per heavy atom. The van der Waals surface area contributed by atoms with E-state index < -0.39 is 0 Å². The summed E-state index contributed by atoms with van der Waals surface area (Å²) in [5, 5.41) is 17.7. The first-order valence-electron chi connectivity index (χ1n) is 4.81. The van der Waals surface area contributed by atoms with Crippen LogP contribution in [0, 0.1) is 22.7 Å². The molecule has 0 atom stereocenters. The molecule has 0 saturated heterocycles. The van der Waals surface area contributed by atoms with E-state index in [4.69, 9.17) is 10.5 Å². The van der Waals surface area contributed by atoms with Gasteiger partial charge < -0.3 is 0 Å². The molecule has 0 N–H and O–H groups in total. The molecule has 0 bridgehead atoms. The zero-order valence-corrected chi connectivity index (χ0v) is 7.88. The van der Waals surface area contributed by atoms with Gasteiger partial charge in [-0.3, -0.25) is 0 Å². The Balaban J connectivity index is 2.57. The maximum atomic E-state index is 8.85. The molecule has 1 aliphatic carbocycles. The number of hydrogen-bond acceptors (Lipinski definition) is 2. The second-order valence-electron chi connectivity index (χ2n) is 3.60. The van der Waals surface area contributed by atoms with Crippen molar-refractivity contribution in [1.29, 1.82) is 10.5 Å². The van der Waals surface area contributed by atoms with Crippen molar-refractivity contribution < 1.29 is 0 Å². The fraction of sp³-hybridized carbons (Fsp3) is 0.333. The minimum atomic E-state index is 0.521. The van der Waals surface area contributed by atoms with E-state index in [0.29, 0.717) is 11.1 Å². The lowest BCUT2D eigenvalue weighted by atomic mass is 9.88. The van der Waals surface area contributed by atoms with Crippen LogP contribution >= 0.6 is 0 Å². The molecule has 0 aliphatic heterocycles. The molecule has 2 heteroatoms. The van der Waals surface area contributed by atoms with E-state index in [1.165, 1.54) is 24.0 Å². The molecule has 0 aromatic heterocycles. The SMILES string of the molecule is N#Cc1cc2c(cc1C#N)CCCC2. The smallest absolute Gasteiger partial charge is 0.101 e. The predicted molar refractivity (Wildman–Crippen MR) is 52.5 cm³/mol. The lowest BCUT2D eigenvalue weighted by molar-refractivity contribution is 0.685. The van der Waals surface area contributed by atoms with Crippen LogP contribution in [0.5, 0.6) is 0 Å². The van der Waals surface area contributed by atoms with Crippen LogP contribution in [0.25, 0.3) is 0 Å². The standard InChI is InChI=1S/C12H10N2/c13-7-11-5-9-3-1-2-4-10(9)6-12(11)8-14/h5-6H,1-4H2. The van der Waals surface area contributed by atoms with Gasteiger partial charge in [-0.25, -0.2) is 0 Å². The summed E-state index contributed by atoms with van der Waals surface area (Å²) in [5.41, 5.74) is 3.56. The minimum Gasteiger partial charge on any atom is -0.192 e. The largest absolute Gasteiger partial charge is 0.192 e. The zero-order chi connectivity index (χ0) is 9.97. The van der Waals surface area contributed by atoms with E-state index in [1.807, 2.05) is 12.1 Å². The highest BCUT2D eigenvalue weighted by molar-refractivity contribution is 5.51. The van der Waals surface area contributed by atoms with Gasteiger partial charge in [-0.05, 0) is 48.9 Å². The van der Waals surface area contributed by atoms with Crippen LogP contribution in [0.15, 0.2) is 12.1 Å². The number of nitriles is 2. The van der Waals surface area contributed by atoms with Crippen molar-refractivity contribution in [3.05, 3.63) is 34.4 Å². The summed E-state index contributed by atoms with van der Waals surface area (Å²) >= 11 is 0. The van der Waals surface area contributed by atoms with Crippen molar-refractivity contribution >= 4 is 0 Å². The second-order valence-corrected chi connectivity index (χ2v) is 3.60. The van der Waals surface area contributed by atoms with Crippen molar-refractivity contribution in [2.75, 3.05) is 0 Å². The summed E-state index contributed by atoms with van der Waals surface area (Å²) in [7, 11) is 0. The Hall–Kier alpha value is -1.80. The van der Waals surface area contributed by atoms with Gasteiger partial charge >= 0.3 is 0 Å². The third kappa shape index (κ3) is 1.36. The minimum absolute atomic E-state index is 0.521. The Bertz CT molecular complexity index is 404. The van der Waals surface area contributed by atoms with Crippen LogP contribution < -0.4 is 0 Å². The molecule has 14 heavy (non-hydrogen) atoms. The van der Waals surface area contributed by atoms with Crippen molar-refractivity contribution in [3.8, 4) is 12.1 Å². The van der Waals surface area contributed by atoms with Crippen molar-refractivity contribution in [1.82, 2.24) is 0 Å². The van der Waals surface area contributed by atoms with E-state index in [0.717, 1.165) is 12.8 Å². The normalized spacial score (nSPS) is 13.9. The molecule has 68 valence electrons. The summed E-state index contributed by atoms with van der Waals surface area (Å²) < 4.78 is 0. The summed E-state index contributed by atoms with van der Waals surface area (Å²) in [5.74, 6) is 0. The number of hydrogen-bond donors (Lipinski definition) is 0. The van der Waals surface area contributed by atoms with Gasteiger partial charge in [-0.2, -0.15) is 10.5 Å². The molecule has 2 rings (SSSR count). The zero-order valence-electron chi connectivity index (χ0n) is 7.88. The lowest BCUT2D eigenvalue weighted by Gasteiger charge is -2.15. The van der Waals surface area contributed by atoms with Crippen molar-refractivity contribution in [3.63, 3.8) is 0 Å². The average Bonchev–Trinajstić information content (AvgIpc) is 2.27. The number of benzene rings is 1. The van der Waals surface area contributed by atoms with Gasteiger partial charge in [0.05, 0.1) is 11.1 Å². The number of fused-ring (bicyclic) bond motifs is 1. The van der Waals surface area contributed by atoms with Crippen LogP contribution in [0.3, 0.4) is 0 Å². The second kappa shape index (κ2) is 3.52.